The van der Waals surface area contributed by atoms with Crippen LogP contribution in [0.25, 0.3) is 0 Å². The predicted molar refractivity (Wildman–Crippen MR) is 90.8 cm³/mol. The van der Waals surface area contributed by atoms with Crippen LogP contribution in [0.1, 0.15) is 18.0 Å². The van der Waals surface area contributed by atoms with Gasteiger partial charge in [0.15, 0.2) is 0 Å². The zero-order valence-electron chi connectivity index (χ0n) is 12.3. The highest BCUT2D eigenvalue weighted by Gasteiger charge is 2.29. The number of nitrogens with one attached hydrogen (secondary N) is 1. The minimum absolute atomic E-state index is 0.148. The lowest BCUT2D eigenvalue weighted by atomic mass is 10.1. The van der Waals surface area contributed by atoms with Crippen molar-refractivity contribution >= 4 is 43.5 Å². The second-order valence-electron chi connectivity index (χ2n) is 4.99. The first kappa shape index (κ1) is 19.8. The number of hydrogen-bond donors (Lipinski definition) is 2. The number of aliphatic carboxylic acids is 1. The van der Waals surface area contributed by atoms with Crippen molar-refractivity contribution in [3.63, 3.8) is 0 Å². The summed E-state index contributed by atoms with van der Waals surface area (Å²) in [5.41, 5.74) is 0.216. The molecule has 0 amide bonds. The third-order valence-electron chi connectivity index (χ3n) is 3.19. The first-order valence-corrected chi connectivity index (χ1v) is 9.40. The zero-order chi connectivity index (χ0) is 18.8. The highest BCUT2D eigenvalue weighted by Crippen LogP contribution is 2.30. The summed E-state index contributed by atoms with van der Waals surface area (Å²) in [7, 11) is -4.51. The SMILES string of the molecule is O=C(O)C[C@H](NS(=O)(=O)c1c(F)cc(F)cc1Br)c1ccccc1Cl. The molecule has 0 aliphatic heterocycles. The molecule has 2 aromatic carbocycles. The third-order valence-corrected chi connectivity index (χ3v) is 5.97. The fraction of sp³-hybridized carbons (Fsp3) is 0.133. The fourth-order valence-electron chi connectivity index (χ4n) is 2.18. The quantitative estimate of drug-likeness (QED) is 0.694. The van der Waals surface area contributed by atoms with Crippen LogP contribution in [-0.2, 0) is 14.8 Å². The normalized spacial score (nSPS) is 12.8. The van der Waals surface area contributed by atoms with Gasteiger partial charge < -0.3 is 5.11 Å². The van der Waals surface area contributed by atoms with Crippen molar-refractivity contribution in [2.75, 3.05) is 0 Å². The van der Waals surface area contributed by atoms with Crippen molar-refractivity contribution in [1.82, 2.24) is 4.72 Å². The summed E-state index contributed by atoms with van der Waals surface area (Å²) in [5.74, 6) is -3.56. The van der Waals surface area contributed by atoms with E-state index in [9.17, 15) is 22.0 Å². The largest absolute Gasteiger partial charge is 0.481 e. The number of benzene rings is 2. The molecule has 0 spiro atoms. The Labute approximate surface area is 155 Å². The first-order chi connectivity index (χ1) is 11.6. The lowest BCUT2D eigenvalue weighted by Gasteiger charge is -2.19. The second-order valence-corrected chi connectivity index (χ2v) is 7.90. The van der Waals surface area contributed by atoms with Crippen LogP contribution < -0.4 is 4.72 Å². The fourth-order valence-corrected chi connectivity index (χ4v) is 4.83. The van der Waals surface area contributed by atoms with Gasteiger partial charge in [0.2, 0.25) is 10.0 Å². The number of rotatable bonds is 6. The Balaban J connectivity index is 2.48. The molecule has 0 bridgehead atoms. The molecule has 0 aliphatic carbocycles. The minimum Gasteiger partial charge on any atom is -0.481 e. The Hall–Kier alpha value is -1.55. The van der Waals surface area contributed by atoms with Crippen LogP contribution in [0.4, 0.5) is 8.78 Å². The maximum atomic E-state index is 14.0. The number of sulfonamides is 1. The van der Waals surface area contributed by atoms with Crippen molar-refractivity contribution in [3.8, 4) is 0 Å². The van der Waals surface area contributed by atoms with Crippen molar-refractivity contribution in [3.05, 3.63) is 63.1 Å². The van der Waals surface area contributed by atoms with Crippen LogP contribution >= 0.6 is 27.5 Å². The number of carbonyl (C=O) groups is 1. The van der Waals surface area contributed by atoms with Crippen LogP contribution in [0.5, 0.6) is 0 Å². The Morgan fingerprint density at radius 3 is 2.48 bits per heavy atom. The lowest BCUT2D eigenvalue weighted by Crippen LogP contribution is -2.31. The van der Waals surface area contributed by atoms with Crippen molar-refractivity contribution in [2.24, 2.45) is 0 Å². The summed E-state index contributed by atoms with van der Waals surface area (Å²) in [6.45, 7) is 0. The van der Waals surface area contributed by atoms with Gasteiger partial charge in [0, 0.05) is 15.6 Å². The summed E-state index contributed by atoms with van der Waals surface area (Å²) in [6, 6.07) is 6.03. The molecule has 2 N–H and O–H groups in total. The Kier molecular flexibility index (Phi) is 6.15. The molecule has 1 atom stereocenters. The number of halogens is 4. The topological polar surface area (TPSA) is 83.5 Å². The summed E-state index contributed by atoms with van der Waals surface area (Å²) < 4.78 is 54.0. The summed E-state index contributed by atoms with van der Waals surface area (Å²) in [5, 5.41) is 9.19. The van der Waals surface area contributed by atoms with Crippen LogP contribution in [0.2, 0.25) is 5.02 Å². The van der Waals surface area contributed by atoms with E-state index >= 15 is 0 Å². The summed E-state index contributed by atoms with van der Waals surface area (Å²) in [4.78, 5) is 10.3. The molecule has 0 saturated carbocycles. The van der Waals surface area contributed by atoms with Gasteiger partial charge in [0.1, 0.15) is 16.5 Å². The van der Waals surface area contributed by atoms with Gasteiger partial charge >= 0.3 is 5.97 Å². The third kappa shape index (κ3) is 4.75. The van der Waals surface area contributed by atoms with Crippen LogP contribution in [0.3, 0.4) is 0 Å². The van der Waals surface area contributed by atoms with Gasteiger partial charge in [0.25, 0.3) is 0 Å². The molecule has 2 rings (SSSR count). The van der Waals surface area contributed by atoms with Crippen molar-refractivity contribution in [1.29, 1.82) is 0 Å². The van der Waals surface area contributed by atoms with Gasteiger partial charge in [-0.1, -0.05) is 29.8 Å². The zero-order valence-corrected chi connectivity index (χ0v) is 15.5. The smallest absolute Gasteiger partial charge is 0.305 e. The van der Waals surface area contributed by atoms with Crippen LogP contribution in [0, 0.1) is 11.6 Å². The molecule has 0 unspecified atom stereocenters. The Morgan fingerprint density at radius 1 is 1.28 bits per heavy atom. The van der Waals surface area contributed by atoms with Crippen LogP contribution in [0.15, 0.2) is 45.8 Å². The average molecular weight is 455 g/mol. The Bertz CT molecular complexity index is 900. The van der Waals surface area contributed by atoms with Gasteiger partial charge in [-0.25, -0.2) is 21.9 Å². The van der Waals surface area contributed by atoms with Gasteiger partial charge in [0.05, 0.1) is 12.5 Å². The maximum absolute atomic E-state index is 14.0. The molecule has 134 valence electrons. The van der Waals surface area contributed by atoms with E-state index < -0.39 is 45.0 Å². The number of hydrogen-bond acceptors (Lipinski definition) is 3. The van der Waals surface area contributed by atoms with E-state index in [4.69, 9.17) is 16.7 Å². The maximum Gasteiger partial charge on any atom is 0.305 e. The van der Waals surface area contributed by atoms with E-state index in [2.05, 4.69) is 20.7 Å². The van der Waals surface area contributed by atoms with E-state index in [0.717, 1.165) is 6.07 Å². The molecule has 0 heterocycles. The van der Waals surface area contributed by atoms with E-state index in [1.165, 1.54) is 12.1 Å². The number of carboxylic acid groups (broad SMARTS) is 1. The molecule has 25 heavy (non-hydrogen) atoms. The molecular formula is C15H11BrClF2NO4S. The Morgan fingerprint density at radius 2 is 1.92 bits per heavy atom. The van der Waals surface area contributed by atoms with Crippen LogP contribution in [-0.4, -0.2) is 19.5 Å². The molecule has 0 saturated heterocycles. The van der Waals surface area contributed by atoms with E-state index in [-0.39, 0.29) is 15.1 Å². The highest BCUT2D eigenvalue weighted by atomic mass is 79.9. The molecule has 2 aromatic rings. The van der Waals surface area contributed by atoms with E-state index in [0.29, 0.717) is 6.07 Å². The highest BCUT2D eigenvalue weighted by molar-refractivity contribution is 9.10. The van der Waals surface area contributed by atoms with Crippen molar-refractivity contribution in [2.45, 2.75) is 17.4 Å². The second kappa shape index (κ2) is 7.77. The molecule has 0 aromatic heterocycles. The average Bonchev–Trinajstić information content (AvgIpc) is 2.44. The lowest BCUT2D eigenvalue weighted by molar-refractivity contribution is -0.137. The minimum atomic E-state index is -4.51. The molecular weight excluding hydrogens is 444 g/mol. The monoisotopic (exact) mass is 453 g/mol. The van der Waals surface area contributed by atoms with Gasteiger partial charge in [-0.2, -0.15) is 0 Å². The first-order valence-electron chi connectivity index (χ1n) is 6.75. The van der Waals surface area contributed by atoms with Gasteiger partial charge in [-0.3, -0.25) is 4.79 Å². The molecule has 0 aliphatic rings. The summed E-state index contributed by atoms with van der Waals surface area (Å²) >= 11 is 8.80. The molecule has 5 nitrogen and oxygen atoms in total. The molecule has 10 heteroatoms. The van der Waals surface area contributed by atoms with E-state index in [1.54, 1.807) is 12.1 Å². The molecule has 0 fully saturated rings. The molecule has 0 radical (unpaired) electrons. The van der Waals surface area contributed by atoms with Crippen molar-refractivity contribution < 1.29 is 27.1 Å². The summed E-state index contributed by atoms with van der Waals surface area (Å²) in [6.07, 6.45) is -0.622. The number of carboxylic acids is 1. The standard InChI is InChI=1S/C15H11BrClF2NO4S/c16-10-5-8(18)6-12(19)15(10)25(23,24)20-13(7-14(21)22)9-3-1-2-4-11(9)17/h1-6,13,20H,7H2,(H,21,22)/t13-/m0/s1. The van der Waals surface area contributed by atoms with Gasteiger partial charge in [-0.15, -0.1) is 0 Å². The van der Waals surface area contributed by atoms with E-state index in [1.807, 2.05) is 0 Å². The predicted octanol–water partition coefficient (Wildman–Crippen LogP) is 3.88. The van der Waals surface area contributed by atoms with Gasteiger partial charge in [-0.05, 0) is 33.6 Å².